The zero-order chi connectivity index (χ0) is 21.1. The summed E-state index contributed by atoms with van der Waals surface area (Å²) >= 11 is 0. The van der Waals surface area contributed by atoms with Crippen LogP contribution in [0.3, 0.4) is 0 Å². The number of likely N-dealkylation sites (tertiary alicyclic amines) is 1. The van der Waals surface area contributed by atoms with E-state index in [4.69, 9.17) is 4.74 Å². The molecule has 2 aliphatic heterocycles. The number of hydrazine groups is 1. The Morgan fingerprint density at radius 3 is 2.50 bits per heavy atom. The van der Waals surface area contributed by atoms with Gasteiger partial charge in [-0.2, -0.15) is 0 Å². The fraction of sp³-hybridized carbons (Fsp3) is 0.458. The molecule has 0 aromatic heterocycles. The first-order valence-corrected chi connectivity index (χ1v) is 10.8. The van der Waals surface area contributed by atoms with Gasteiger partial charge in [-0.1, -0.05) is 18.2 Å². The molecule has 2 fully saturated rings. The molecular weight excluding hydrogens is 376 g/mol. The van der Waals surface area contributed by atoms with Gasteiger partial charge >= 0.3 is 6.03 Å². The van der Waals surface area contributed by atoms with E-state index in [9.17, 15) is 4.79 Å². The average Bonchev–Trinajstić information content (AvgIpc) is 3.23. The molecule has 6 nitrogen and oxygen atoms in total. The number of rotatable bonds is 4. The quantitative estimate of drug-likeness (QED) is 0.711. The molecule has 0 spiro atoms. The van der Waals surface area contributed by atoms with E-state index in [-0.39, 0.29) is 12.1 Å². The monoisotopic (exact) mass is 408 g/mol. The van der Waals surface area contributed by atoms with Crippen LogP contribution in [-0.4, -0.2) is 37.2 Å². The van der Waals surface area contributed by atoms with E-state index in [0.717, 1.165) is 54.9 Å². The maximum absolute atomic E-state index is 12.7. The van der Waals surface area contributed by atoms with Crippen LogP contribution in [0.4, 0.5) is 10.5 Å². The van der Waals surface area contributed by atoms with Gasteiger partial charge in [-0.15, -0.1) is 0 Å². The molecule has 30 heavy (non-hydrogen) atoms. The van der Waals surface area contributed by atoms with Crippen LogP contribution in [0.15, 0.2) is 42.5 Å². The molecule has 2 aromatic rings. The molecule has 6 heteroatoms. The number of piperidine rings is 1. The van der Waals surface area contributed by atoms with Crippen molar-refractivity contribution >= 4 is 11.7 Å². The van der Waals surface area contributed by atoms with Crippen LogP contribution in [0.2, 0.25) is 0 Å². The van der Waals surface area contributed by atoms with Crippen LogP contribution in [0.5, 0.6) is 5.75 Å². The Bertz CT molecular complexity index is 872. The van der Waals surface area contributed by atoms with Crippen molar-refractivity contribution in [3.05, 3.63) is 59.2 Å². The van der Waals surface area contributed by atoms with Crippen molar-refractivity contribution in [2.75, 3.05) is 25.5 Å². The zero-order valence-electron chi connectivity index (χ0n) is 18.1. The number of methoxy groups -OCH3 is 1. The number of hydrogen-bond donors (Lipinski definition) is 3. The molecule has 0 aliphatic carbocycles. The third-order valence-electron chi connectivity index (χ3n) is 6.30. The van der Waals surface area contributed by atoms with Gasteiger partial charge in [-0.3, -0.25) is 10.9 Å². The van der Waals surface area contributed by atoms with Crippen LogP contribution < -0.4 is 20.9 Å². The second-order valence-corrected chi connectivity index (χ2v) is 8.59. The molecule has 0 bridgehead atoms. The standard InChI is InChI=1S/C24H32N4O2/c1-16-11-17(2)13-20(12-16)25-24(29)28-9-7-18(8-10-28)22-15-23(27-26-22)19-5-4-6-21(14-19)30-3/h4-6,11-14,18,22-23,26-27H,7-10,15H2,1-3H3,(H,25,29). The van der Waals surface area contributed by atoms with Crippen molar-refractivity contribution in [1.29, 1.82) is 0 Å². The summed E-state index contributed by atoms with van der Waals surface area (Å²) in [7, 11) is 1.70. The highest BCUT2D eigenvalue weighted by Gasteiger charge is 2.34. The van der Waals surface area contributed by atoms with Gasteiger partial charge in [0.1, 0.15) is 5.75 Å². The Kier molecular flexibility index (Phi) is 6.25. The Morgan fingerprint density at radius 1 is 1.07 bits per heavy atom. The highest BCUT2D eigenvalue weighted by atomic mass is 16.5. The van der Waals surface area contributed by atoms with Crippen LogP contribution in [-0.2, 0) is 0 Å². The normalized spacial score (nSPS) is 22.2. The third kappa shape index (κ3) is 4.77. The number of hydrogen-bond acceptors (Lipinski definition) is 4. The number of carbonyl (C=O) groups is 1. The minimum Gasteiger partial charge on any atom is -0.497 e. The van der Waals surface area contributed by atoms with Crippen molar-refractivity contribution in [1.82, 2.24) is 15.8 Å². The summed E-state index contributed by atoms with van der Waals surface area (Å²) in [5.41, 5.74) is 11.4. The van der Waals surface area contributed by atoms with E-state index in [1.807, 2.05) is 29.2 Å². The van der Waals surface area contributed by atoms with E-state index >= 15 is 0 Å². The van der Waals surface area contributed by atoms with Gasteiger partial charge in [0.15, 0.2) is 0 Å². The zero-order valence-corrected chi connectivity index (χ0v) is 18.1. The predicted octanol–water partition coefficient (Wildman–Crippen LogP) is 4.16. The lowest BCUT2D eigenvalue weighted by molar-refractivity contribution is 0.169. The molecule has 2 aromatic carbocycles. The Labute approximate surface area is 179 Å². The summed E-state index contributed by atoms with van der Waals surface area (Å²) in [5.74, 6) is 1.46. The number of urea groups is 1. The average molecular weight is 409 g/mol. The fourth-order valence-corrected chi connectivity index (χ4v) is 4.72. The summed E-state index contributed by atoms with van der Waals surface area (Å²) in [6, 6.07) is 15.1. The van der Waals surface area contributed by atoms with Crippen LogP contribution in [0.1, 0.15) is 42.0 Å². The van der Waals surface area contributed by atoms with E-state index in [1.54, 1.807) is 7.11 Å². The fourth-order valence-electron chi connectivity index (χ4n) is 4.72. The Morgan fingerprint density at radius 2 is 1.80 bits per heavy atom. The van der Waals surface area contributed by atoms with Crippen LogP contribution in [0.25, 0.3) is 0 Å². The Hall–Kier alpha value is -2.57. The summed E-state index contributed by atoms with van der Waals surface area (Å²) in [4.78, 5) is 14.6. The number of benzene rings is 2. The highest BCUT2D eigenvalue weighted by molar-refractivity contribution is 5.89. The lowest BCUT2D eigenvalue weighted by atomic mass is 9.86. The van der Waals surface area contributed by atoms with Crippen molar-refractivity contribution in [3.8, 4) is 5.75 Å². The van der Waals surface area contributed by atoms with Gasteiger partial charge in [0.2, 0.25) is 0 Å². The van der Waals surface area contributed by atoms with Crippen molar-refractivity contribution < 1.29 is 9.53 Å². The molecule has 0 saturated carbocycles. The molecule has 2 unspecified atom stereocenters. The lowest BCUT2D eigenvalue weighted by Gasteiger charge is -2.34. The number of carbonyl (C=O) groups excluding carboxylic acids is 1. The highest BCUT2D eigenvalue weighted by Crippen LogP contribution is 2.32. The molecule has 2 amide bonds. The van der Waals surface area contributed by atoms with Crippen LogP contribution in [0, 0.1) is 19.8 Å². The maximum atomic E-state index is 12.7. The number of anilines is 1. The maximum Gasteiger partial charge on any atom is 0.321 e. The van der Waals surface area contributed by atoms with Crippen molar-refractivity contribution in [3.63, 3.8) is 0 Å². The van der Waals surface area contributed by atoms with Crippen molar-refractivity contribution in [2.45, 2.75) is 45.2 Å². The molecule has 160 valence electrons. The van der Waals surface area contributed by atoms with Gasteiger partial charge in [-0.05, 0) is 80.0 Å². The summed E-state index contributed by atoms with van der Waals surface area (Å²) in [6.07, 6.45) is 3.08. The van der Waals surface area contributed by atoms with Crippen LogP contribution >= 0.6 is 0 Å². The summed E-state index contributed by atoms with van der Waals surface area (Å²) < 4.78 is 5.36. The third-order valence-corrected chi connectivity index (χ3v) is 6.30. The van der Waals surface area contributed by atoms with E-state index in [0.29, 0.717) is 12.0 Å². The molecule has 3 N–H and O–H groups in total. The van der Waals surface area contributed by atoms with Gasteiger partial charge < -0.3 is 15.0 Å². The second kappa shape index (κ2) is 9.06. The molecule has 0 radical (unpaired) electrons. The number of amides is 2. The first-order valence-electron chi connectivity index (χ1n) is 10.8. The van der Waals surface area contributed by atoms with Gasteiger partial charge in [0, 0.05) is 30.9 Å². The largest absolute Gasteiger partial charge is 0.497 e. The predicted molar refractivity (Wildman–Crippen MR) is 120 cm³/mol. The summed E-state index contributed by atoms with van der Waals surface area (Å²) in [5, 5.41) is 3.06. The van der Waals surface area contributed by atoms with Gasteiger partial charge in [0.05, 0.1) is 7.11 Å². The first kappa shape index (κ1) is 20.7. The number of nitrogens with one attached hydrogen (secondary N) is 3. The topological polar surface area (TPSA) is 65.6 Å². The molecule has 2 heterocycles. The van der Waals surface area contributed by atoms with E-state index in [1.165, 1.54) is 5.56 Å². The SMILES string of the molecule is COc1cccc(C2CC(C3CCN(C(=O)Nc4cc(C)cc(C)c4)CC3)NN2)c1. The number of aryl methyl sites for hydroxylation is 2. The van der Waals surface area contributed by atoms with E-state index < -0.39 is 0 Å². The molecule has 2 atom stereocenters. The molecule has 2 saturated heterocycles. The minimum absolute atomic E-state index is 0.00483. The van der Waals surface area contributed by atoms with E-state index in [2.05, 4.69) is 48.2 Å². The molecule has 4 rings (SSSR count). The minimum atomic E-state index is 0.00483. The smallest absolute Gasteiger partial charge is 0.321 e. The molecule has 2 aliphatic rings. The first-order chi connectivity index (χ1) is 14.5. The number of ether oxygens (including phenoxy) is 1. The second-order valence-electron chi connectivity index (χ2n) is 8.59. The molecular formula is C24H32N4O2. The van der Waals surface area contributed by atoms with Gasteiger partial charge in [-0.25, -0.2) is 4.79 Å². The van der Waals surface area contributed by atoms with Gasteiger partial charge in [0.25, 0.3) is 0 Å². The lowest BCUT2D eigenvalue weighted by Crippen LogP contribution is -2.45. The Balaban J connectivity index is 1.28. The summed E-state index contributed by atoms with van der Waals surface area (Å²) in [6.45, 7) is 5.69. The van der Waals surface area contributed by atoms with Crippen molar-refractivity contribution in [2.24, 2.45) is 5.92 Å². The number of nitrogens with zero attached hydrogens (tertiary/aromatic N) is 1.